The van der Waals surface area contributed by atoms with E-state index in [4.69, 9.17) is 0 Å². The van der Waals surface area contributed by atoms with Gasteiger partial charge < -0.3 is 4.57 Å². The molecule has 0 aliphatic heterocycles. The number of hydrogen-bond donors (Lipinski definition) is 1. The molecule has 1 unspecified atom stereocenters. The summed E-state index contributed by atoms with van der Waals surface area (Å²) in [7, 11) is 0. The van der Waals surface area contributed by atoms with Crippen molar-refractivity contribution in [2.24, 2.45) is 11.0 Å². The number of aromatic nitrogens is 2. The van der Waals surface area contributed by atoms with Crippen LogP contribution in [-0.4, -0.2) is 21.2 Å². The normalized spacial score (nSPS) is 13.0. The number of benzene rings is 3. The average molecular weight is 370 g/mol. The molecule has 1 heterocycles. The molecule has 0 bridgehead atoms. The van der Waals surface area contributed by atoms with Gasteiger partial charge in [-0.15, -0.1) is 0 Å². The molecule has 3 aromatic carbocycles. The number of nitrogens with one attached hydrogen (secondary N) is 1. The summed E-state index contributed by atoms with van der Waals surface area (Å²) < 4.78 is 2.00. The zero-order valence-electron chi connectivity index (χ0n) is 16.0. The topological polar surface area (TPSA) is 59.3 Å². The summed E-state index contributed by atoms with van der Waals surface area (Å²) in [6.45, 7) is 4.35. The van der Waals surface area contributed by atoms with E-state index < -0.39 is 0 Å². The van der Waals surface area contributed by atoms with E-state index >= 15 is 0 Å². The van der Waals surface area contributed by atoms with Crippen molar-refractivity contribution in [3.05, 3.63) is 78.6 Å². The number of hydrazone groups is 1. The van der Waals surface area contributed by atoms with E-state index in [2.05, 4.69) is 39.8 Å². The number of carbonyl (C=O) groups is 1. The highest BCUT2D eigenvalue weighted by molar-refractivity contribution is 6.02. The Bertz CT molecular complexity index is 1180. The number of imidazole rings is 1. The molecule has 1 N–H and O–H groups in total. The minimum Gasteiger partial charge on any atom is -0.330 e. The summed E-state index contributed by atoms with van der Waals surface area (Å²) in [4.78, 5) is 16.9. The Morgan fingerprint density at radius 2 is 1.82 bits per heavy atom. The number of nitrogens with zero attached hydrogens (tertiary/aromatic N) is 3. The third-order valence-corrected chi connectivity index (χ3v) is 4.95. The number of para-hydroxylation sites is 2. The number of hydrogen-bond acceptors (Lipinski definition) is 3. The Morgan fingerprint density at radius 1 is 1.07 bits per heavy atom. The molecule has 5 heteroatoms. The molecule has 0 spiro atoms. The molecular weight excluding hydrogens is 348 g/mol. The van der Waals surface area contributed by atoms with Crippen molar-refractivity contribution in [3.63, 3.8) is 0 Å². The monoisotopic (exact) mass is 370 g/mol. The highest BCUT2D eigenvalue weighted by Gasteiger charge is 2.14. The first kappa shape index (κ1) is 17.9. The van der Waals surface area contributed by atoms with Crippen molar-refractivity contribution < 1.29 is 4.79 Å². The van der Waals surface area contributed by atoms with Gasteiger partial charge >= 0.3 is 0 Å². The van der Waals surface area contributed by atoms with E-state index in [1.165, 1.54) is 5.39 Å². The summed E-state index contributed by atoms with van der Waals surface area (Å²) in [6.07, 6.45) is 1.78. The molecule has 0 saturated heterocycles. The lowest BCUT2D eigenvalue weighted by Gasteiger charge is -2.12. The van der Waals surface area contributed by atoms with Gasteiger partial charge in [0.1, 0.15) is 0 Å². The van der Waals surface area contributed by atoms with Crippen LogP contribution in [0.1, 0.15) is 19.4 Å². The Hall–Kier alpha value is -3.47. The van der Waals surface area contributed by atoms with Gasteiger partial charge in [0, 0.05) is 6.54 Å². The molecule has 1 aromatic heterocycles. The fraction of sp³-hybridized carbons (Fsp3) is 0.174. The highest BCUT2D eigenvalue weighted by Crippen LogP contribution is 2.16. The molecule has 0 aliphatic carbocycles. The highest BCUT2D eigenvalue weighted by atomic mass is 16.2. The van der Waals surface area contributed by atoms with Crippen LogP contribution in [0.15, 0.2) is 78.2 Å². The molecule has 5 nitrogen and oxygen atoms in total. The number of fused-ring (bicyclic) bond motifs is 2. The Balaban J connectivity index is 1.44. The number of amides is 1. The van der Waals surface area contributed by atoms with E-state index in [-0.39, 0.29) is 11.8 Å². The van der Waals surface area contributed by atoms with Gasteiger partial charge in [-0.2, -0.15) is 5.10 Å². The van der Waals surface area contributed by atoms with Gasteiger partial charge in [0.05, 0.1) is 29.0 Å². The molecule has 0 saturated carbocycles. The van der Waals surface area contributed by atoms with Crippen LogP contribution in [0.2, 0.25) is 0 Å². The van der Waals surface area contributed by atoms with Crippen LogP contribution in [0.5, 0.6) is 0 Å². The van der Waals surface area contributed by atoms with Crippen LogP contribution in [0.4, 0.5) is 0 Å². The maximum Gasteiger partial charge on any atom is 0.244 e. The summed E-state index contributed by atoms with van der Waals surface area (Å²) >= 11 is 0. The van der Waals surface area contributed by atoms with Gasteiger partial charge in [-0.05, 0) is 41.5 Å². The van der Waals surface area contributed by atoms with E-state index in [0.29, 0.717) is 6.54 Å². The molecule has 1 amide bonds. The number of carbonyl (C=O) groups excluding carboxylic acids is 1. The smallest absolute Gasteiger partial charge is 0.244 e. The summed E-state index contributed by atoms with van der Waals surface area (Å²) in [6, 6.07) is 22.3. The summed E-state index contributed by atoms with van der Waals surface area (Å²) in [5.41, 5.74) is 6.43. The molecular formula is C23H22N4O. The molecule has 0 aliphatic rings. The zero-order chi connectivity index (χ0) is 19.5. The maximum atomic E-state index is 12.5. The summed E-state index contributed by atoms with van der Waals surface area (Å²) in [5, 5.41) is 6.64. The van der Waals surface area contributed by atoms with Crippen molar-refractivity contribution >= 4 is 33.4 Å². The SMILES string of the molecule is CC(=NNC(=O)C(C)Cn1cnc2ccccc21)c1ccc2ccccc2c1. The number of rotatable bonds is 5. The van der Waals surface area contributed by atoms with Crippen LogP contribution < -0.4 is 5.43 Å². The largest absolute Gasteiger partial charge is 0.330 e. The van der Waals surface area contributed by atoms with E-state index in [1.807, 2.05) is 60.9 Å². The van der Waals surface area contributed by atoms with Crippen molar-refractivity contribution in [1.29, 1.82) is 0 Å². The lowest BCUT2D eigenvalue weighted by atomic mass is 10.0. The molecule has 28 heavy (non-hydrogen) atoms. The molecule has 1 atom stereocenters. The Morgan fingerprint density at radius 3 is 2.68 bits per heavy atom. The van der Waals surface area contributed by atoms with Crippen molar-refractivity contribution in [2.75, 3.05) is 0 Å². The van der Waals surface area contributed by atoms with Crippen LogP contribution >= 0.6 is 0 Å². The van der Waals surface area contributed by atoms with E-state index in [1.54, 1.807) is 6.33 Å². The second-order valence-electron chi connectivity index (χ2n) is 7.02. The summed E-state index contributed by atoms with van der Waals surface area (Å²) in [5.74, 6) is -0.344. The van der Waals surface area contributed by atoms with Crippen LogP contribution in [0.3, 0.4) is 0 Å². The maximum absolute atomic E-state index is 12.5. The molecule has 140 valence electrons. The van der Waals surface area contributed by atoms with Crippen LogP contribution in [0, 0.1) is 5.92 Å². The first-order chi connectivity index (χ1) is 13.6. The molecule has 4 aromatic rings. The second-order valence-corrected chi connectivity index (χ2v) is 7.02. The Kier molecular flexibility index (Phi) is 4.89. The van der Waals surface area contributed by atoms with E-state index in [9.17, 15) is 4.79 Å². The lowest BCUT2D eigenvalue weighted by Crippen LogP contribution is -2.28. The van der Waals surface area contributed by atoms with Gasteiger partial charge in [-0.3, -0.25) is 4.79 Å². The molecule has 0 fully saturated rings. The average Bonchev–Trinajstić information content (AvgIpc) is 3.14. The zero-order valence-corrected chi connectivity index (χ0v) is 16.0. The predicted octanol–water partition coefficient (Wildman–Crippen LogP) is 4.37. The predicted molar refractivity (Wildman–Crippen MR) is 113 cm³/mol. The fourth-order valence-electron chi connectivity index (χ4n) is 3.26. The first-order valence-corrected chi connectivity index (χ1v) is 9.35. The molecule has 0 radical (unpaired) electrons. The standard InChI is InChI=1S/C23H22N4O/c1-16(14-27-15-24-21-9-5-6-10-22(21)27)23(28)26-25-17(2)19-12-11-18-7-3-4-8-20(18)13-19/h3-13,15-16H,14H2,1-2H3,(H,26,28). The Labute approximate surface area is 163 Å². The fourth-order valence-corrected chi connectivity index (χ4v) is 3.26. The third kappa shape index (κ3) is 3.64. The van der Waals surface area contributed by atoms with Crippen molar-refractivity contribution in [3.8, 4) is 0 Å². The first-order valence-electron chi connectivity index (χ1n) is 9.35. The second kappa shape index (κ2) is 7.64. The van der Waals surface area contributed by atoms with Crippen LogP contribution in [-0.2, 0) is 11.3 Å². The third-order valence-electron chi connectivity index (χ3n) is 4.95. The van der Waals surface area contributed by atoms with E-state index in [0.717, 1.165) is 27.7 Å². The van der Waals surface area contributed by atoms with Crippen molar-refractivity contribution in [2.45, 2.75) is 20.4 Å². The van der Waals surface area contributed by atoms with Gasteiger partial charge in [-0.25, -0.2) is 10.4 Å². The van der Waals surface area contributed by atoms with Crippen LogP contribution in [0.25, 0.3) is 21.8 Å². The van der Waals surface area contributed by atoms with Gasteiger partial charge in [0.15, 0.2) is 0 Å². The van der Waals surface area contributed by atoms with Gasteiger partial charge in [-0.1, -0.05) is 55.5 Å². The minimum atomic E-state index is -0.231. The van der Waals surface area contributed by atoms with Gasteiger partial charge in [0.25, 0.3) is 0 Å². The minimum absolute atomic E-state index is 0.113. The van der Waals surface area contributed by atoms with Crippen molar-refractivity contribution in [1.82, 2.24) is 15.0 Å². The lowest BCUT2D eigenvalue weighted by molar-refractivity contribution is -0.124. The molecule has 4 rings (SSSR count). The quantitative estimate of drug-likeness (QED) is 0.419. The van der Waals surface area contributed by atoms with Gasteiger partial charge in [0.2, 0.25) is 5.91 Å².